The molecule has 0 atom stereocenters. The number of para-hydroxylation sites is 1. The third-order valence-corrected chi connectivity index (χ3v) is 3.16. The summed E-state index contributed by atoms with van der Waals surface area (Å²) in [5.41, 5.74) is 2.42. The van der Waals surface area contributed by atoms with Crippen molar-refractivity contribution in [3.05, 3.63) is 35.6 Å². The monoisotopic (exact) mass is 299 g/mol. The van der Waals surface area contributed by atoms with Gasteiger partial charge in [0.05, 0.1) is 13.0 Å². The van der Waals surface area contributed by atoms with Crippen LogP contribution in [0, 0.1) is 0 Å². The molecule has 2 aromatic rings. The van der Waals surface area contributed by atoms with Crippen molar-refractivity contribution in [1.29, 1.82) is 0 Å². The fraction of sp³-hybridized carbons (Fsp3) is 0.400. The first-order valence-corrected chi connectivity index (χ1v) is 6.71. The fourth-order valence-corrected chi connectivity index (χ4v) is 2.20. The van der Waals surface area contributed by atoms with E-state index in [0.29, 0.717) is 0 Å². The number of furan rings is 1. The van der Waals surface area contributed by atoms with Crippen LogP contribution in [0.5, 0.6) is 0 Å². The molecule has 1 aliphatic rings. The highest BCUT2D eigenvalue weighted by atomic mass is 19.4. The Hall–Kier alpha value is -1.82. The predicted octanol–water partition coefficient (Wildman–Crippen LogP) is 3.61. The summed E-state index contributed by atoms with van der Waals surface area (Å²) in [5.74, 6) is 1.12. The zero-order valence-electron chi connectivity index (χ0n) is 11.4. The van der Waals surface area contributed by atoms with Gasteiger partial charge in [-0.25, -0.2) is 0 Å². The van der Waals surface area contributed by atoms with Crippen LogP contribution in [0.2, 0.25) is 0 Å². The minimum atomic E-state index is -4.18. The lowest BCUT2D eigenvalue weighted by Gasteiger charge is -2.10. The molecular weight excluding hydrogens is 283 g/mol. The summed E-state index contributed by atoms with van der Waals surface area (Å²) in [7, 11) is 0. The van der Waals surface area contributed by atoms with Gasteiger partial charge in [-0.2, -0.15) is 13.2 Å². The van der Waals surface area contributed by atoms with E-state index in [1.165, 1.54) is 10.9 Å². The second-order valence-electron chi connectivity index (χ2n) is 4.75. The molecule has 0 saturated heterocycles. The SMILES string of the molecule is O=CCCC(F)(F)F.c1ccc2c3c(oc2c1)CNCC3. The van der Waals surface area contributed by atoms with E-state index in [-0.39, 0.29) is 6.29 Å². The van der Waals surface area contributed by atoms with Crippen molar-refractivity contribution in [3.63, 3.8) is 0 Å². The van der Waals surface area contributed by atoms with Gasteiger partial charge in [-0.3, -0.25) is 0 Å². The number of aldehydes is 1. The van der Waals surface area contributed by atoms with Gasteiger partial charge in [-0.05, 0) is 19.0 Å². The Morgan fingerprint density at radius 3 is 2.71 bits per heavy atom. The summed E-state index contributed by atoms with van der Waals surface area (Å²) >= 11 is 0. The molecule has 0 fully saturated rings. The van der Waals surface area contributed by atoms with E-state index >= 15 is 0 Å². The van der Waals surface area contributed by atoms with Gasteiger partial charge < -0.3 is 14.5 Å². The minimum absolute atomic E-state index is 0.257. The molecule has 21 heavy (non-hydrogen) atoms. The van der Waals surface area contributed by atoms with Crippen LogP contribution < -0.4 is 5.32 Å². The zero-order valence-corrected chi connectivity index (χ0v) is 11.4. The summed E-state index contributed by atoms with van der Waals surface area (Å²) in [5, 5.41) is 4.60. The Labute approximate surface area is 120 Å². The topological polar surface area (TPSA) is 42.2 Å². The van der Waals surface area contributed by atoms with Gasteiger partial charge in [0.2, 0.25) is 0 Å². The molecule has 0 unspecified atom stereocenters. The number of alkyl halides is 3. The second kappa shape index (κ2) is 6.76. The molecule has 114 valence electrons. The molecule has 1 aromatic heterocycles. The molecule has 3 rings (SSSR count). The first-order valence-electron chi connectivity index (χ1n) is 6.71. The van der Waals surface area contributed by atoms with Crippen molar-refractivity contribution in [3.8, 4) is 0 Å². The van der Waals surface area contributed by atoms with Crippen molar-refractivity contribution < 1.29 is 22.4 Å². The molecule has 3 nitrogen and oxygen atoms in total. The van der Waals surface area contributed by atoms with Gasteiger partial charge in [0.15, 0.2) is 0 Å². The first kappa shape index (κ1) is 15.6. The molecule has 0 spiro atoms. The highest BCUT2D eigenvalue weighted by Crippen LogP contribution is 2.27. The van der Waals surface area contributed by atoms with Crippen LogP contribution >= 0.6 is 0 Å². The highest BCUT2D eigenvalue weighted by molar-refractivity contribution is 5.82. The molecule has 1 aromatic carbocycles. The molecule has 0 aliphatic carbocycles. The fourth-order valence-electron chi connectivity index (χ4n) is 2.20. The number of fused-ring (bicyclic) bond motifs is 3. The van der Waals surface area contributed by atoms with Crippen LogP contribution in [0.4, 0.5) is 13.2 Å². The zero-order chi connectivity index (χ0) is 15.3. The van der Waals surface area contributed by atoms with Gasteiger partial charge in [0, 0.05) is 17.4 Å². The summed E-state index contributed by atoms with van der Waals surface area (Å²) in [4.78, 5) is 9.35. The molecule has 0 saturated carbocycles. The van der Waals surface area contributed by atoms with Crippen LogP contribution in [-0.2, 0) is 17.8 Å². The Balaban J connectivity index is 0.000000177. The molecule has 1 aliphatic heterocycles. The van der Waals surface area contributed by atoms with E-state index in [9.17, 15) is 18.0 Å². The van der Waals surface area contributed by atoms with E-state index in [2.05, 4.69) is 17.4 Å². The lowest BCUT2D eigenvalue weighted by Crippen LogP contribution is -2.22. The number of halogens is 3. The normalized spacial score (nSPS) is 14.2. The smallest absolute Gasteiger partial charge is 0.389 e. The van der Waals surface area contributed by atoms with E-state index in [1.807, 2.05) is 12.1 Å². The standard InChI is InChI=1S/C11H11NO.C4H5F3O/c1-2-4-10-8(3-1)9-5-6-12-7-11(9)13-10;5-4(6,7)2-1-3-8/h1-4,12H,5-7H2;3H,1-2H2. The number of rotatable bonds is 2. The first-order chi connectivity index (χ1) is 10.0. The van der Waals surface area contributed by atoms with Crippen molar-refractivity contribution in [2.45, 2.75) is 32.0 Å². The molecule has 2 heterocycles. The van der Waals surface area contributed by atoms with Gasteiger partial charge in [0.1, 0.15) is 17.6 Å². The molecule has 0 radical (unpaired) electrons. The van der Waals surface area contributed by atoms with E-state index in [0.717, 1.165) is 30.9 Å². The average molecular weight is 299 g/mol. The van der Waals surface area contributed by atoms with Crippen LogP contribution in [-0.4, -0.2) is 19.0 Å². The van der Waals surface area contributed by atoms with Crippen molar-refractivity contribution in [2.75, 3.05) is 6.54 Å². The largest absolute Gasteiger partial charge is 0.459 e. The number of nitrogens with one attached hydrogen (secondary N) is 1. The summed E-state index contributed by atoms with van der Waals surface area (Å²) in [6.45, 7) is 1.94. The molecule has 1 N–H and O–H groups in total. The number of hydrogen-bond acceptors (Lipinski definition) is 3. The van der Waals surface area contributed by atoms with E-state index in [1.54, 1.807) is 0 Å². The van der Waals surface area contributed by atoms with Crippen LogP contribution in [0.25, 0.3) is 11.0 Å². The lowest BCUT2D eigenvalue weighted by molar-refractivity contribution is -0.139. The third kappa shape index (κ3) is 4.32. The Morgan fingerprint density at radius 1 is 1.29 bits per heavy atom. The van der Waals surface area contributed by atoms with Crippen molar-refractivity contribution in [1.82, 2.24) is 5.32 Å². The van der Waals surface area contributed by atoms with Crippen LogP contribution in [0.3, 0.4) is 0 Å². The Morgan fingerprint density at radius 2 is 2.05 bits per heavy atom. The maximum Gasteiger partial charge on any atom is 0.389 e. The average Bonchev–Trinajstić information content (AvgIpc) is 2.84. The summed E-state index contributed by atoms with van der Waals surface area (Å²) < 4.78 is 39.0. The molecule has 0 amide bonds. The number of hydrogen-bond donors (Lipinski definition) is 1. The molecule has 6 heteroatoms. The molecular formula is C15H16F3NO2. The maximum atomic E-state index is 11.1. The maximum absolute atomic E-state index is 11.1. The van der Waals surface area contributed by atoms with E-state index < -0.39 is 19.0 Å². The second-order valence-corrected chi connectivity index (χ2v) is 4.75. The Bertz CT molecular complexity index is 604. The van der Waals surface area contributed by atoms with Crippen LogP contribution in [0.15, 0.2) is 28.7 Å². The summed E-state index contributed by atoms with van der Waals surface area (Å²) in [6.07, 6.45) is -4.26. The number of carbonyl (C=O) groups excluding carboxylic acids is 1. The lowest BCUT2D eigenvalue weighted by atomic mass is 10.1. The minimum Gasteiger partial charge on any atom is -0.459 e. The van der Waals surface area contributed by atoms with Gasteiger partial charge in [0.25, 0.3) is 0 Å². The van der Waals surface area contributed by atoms with E-state index in [4.69, 9.17) is 4.42 Å². The predicted molar refractivity (Wildman–Crippen MR) is 73.0 cm³/mol. The number of benzene rings is 1. The van der Waals surface area contributed by atoms with Crippen molar-refractivity contribution in [2.24, 2.45) is 0 Å². The summed E-state index contributed by atoms with van der Waals surface area (Å²) in [6, 6.07) is 8.27. The molecule has 0 bridgehead atoms. The Kier molecular flexibility index (Phi) is 5.01. The van der Waals surface area contributed by atoms with Crippen LogP contribution in [0.1, 0.15) is 24.2 Å². The quantitative estimate of drug-likeness (QED) is 0.861. The third-order valence-electron chi connectivity index (χ3n) is 3.16. The number of carbonyl (C=O) groups is 1. The van der Waals surface area contributed by atoms with Gasteiger partial charge in [-0.15, -0.1) is 0 Å². The van der Waals surface area contributed by atoms with Gasteiger partial charge >= 0.3 is 6.18 Å². The highest BCUT2D eigenvalue weighted by Gasteiger charge is 2.25. The van der Waals surface area contributed by atoms with Gasteiger partial charge in [-0.1, -0.05) is 18.2 Å². The van der Waals surface area contributed by atoms with Crippen molar-refractivity contribution >= 4 is 17.3 Å².